The molecular formula is C6H12BNO. The highest BCUT2D eigenvalue weighted by Gasteiger charge is 1.84. The Kier molecular flexibility index (Phi) is 4.98. The summed E-state index contributed by atoms with van der Waals surface area (Å²) in [6.45, 7) is 2.08. The van der Waals surface area contributed by atoms with E-state index in [9.17, 15) is 4.79 Å². The van der Waals surface area contributed by atoms with Gasteiger partial charge in [-0.25, -0.2) is 0 Å². The smallest absolute Gasteiger partial charge is 0.231 e. The highest BCUT2D eigenvalue weighted by molar-refractivity contribution is 6.16. The summed E-state index contributed by atoms with van der Waals surface area (Å²) in [5, 5.41) is 2.50. The Morgan fingerprint density at radius 2 is 2.44 bits per heavy atom. The Labute approximate surface area is 56.8 Å². The van der Waals surface area contributed by atoms with E-state index >= 15 is 0 Å². The van der Waals surface area contributed by atoms with Gasteiger partial charge in [0, 0.05) is 0 Å². The van der Waals surface area contributed by atoms with Crippen LogP contribution in [0.3, 0.4) is 0 Å². The molecule has 0 aliphatic heterocycles. The van der Waals surface area contributed by atoms with Gasteiger partial charge in [0.05, 0.1) is 0 Å². The maximum Gasteiger partial charge on any atom is 0.231 e. The molecule has 0 spiro atoms. The van der Waals surface area contributed by atoms with Crippen molar-refractivity contribution in [3.05, 3.63) is 12.2 Å². The van der Waals surface area contributed by atoms with Crippen LogP contribution in [0, 0.1) is 0 Å². The second-order valence-electron chi connectivity index (χ2n) is 1.81. The van der Waals surface area contributed by atoms with Crippen LogP contribution in [0.2, 0.25) is 0 Å². The Hall–Kier alpha value is -0.725. The summed E-state index contributed by atoms with van der Waals surface area (Å²) < 4.78 is 0. The summed E-state index contributed by atoms with van der Waals surface area (Å²) in [6, 6.07) is 0. The van der Waals surface area contributed by atoms with Crippen LogP contribution >= 0.6 is 0 Å². The molecule has 0 unspecified atom stereocenters. The van der Waals surface area contributed by atoms with Crippen molar-refractivity contribution in [2.45, 2.75) is 19.8 Å². The Bertz CT molecular complexity index is 112. The van der Waals surface area contributed by atoms with Gasteiger partial charge in [-0.1, -0.05) is 19.4 Å². The molecule has 0 saturated heterocycles. The quantitative estimate of drug-likeness (QED) is 0.417. The van der Waals surface area contributed by atoms with Crippen LogP contribution in [-0.2, 0) is 4.79 Å². The predicted molar refractivity (Wildman–Crippen MR) is 40.7 cm³/mol. The third-order valence-corrected chi connectivity index (χ3v) is 0.971. The second kappa shape index (κ2) is 5.41. The summed E-state index contributed by atoms with van der Waals surface area (Å²) in [7, 11) is 1.62. The summed E-state index contributed by atoms with van der Waals surface area (Å²) in [6.07, 6.45) is 5.50. The third kappa shape index (κ3) is 5.14. The van der Waals surface area contributed by atoms with Gasteiger partial charge in [-0.15, -0.1) is 0 Å². The number of hydrogen-bond donors (Lipinski definition) is 1. The molecule has 1 amide bonds. The van der Waals surface area contributed by atoms with E-state index in [1.165, 1.54) is 0 Å². The number of amides is 1. The van der Waals surface area contributed by atoms with Gasteiger partial charge < -0.3 is 5.23 Å². The molecule has 3 heteroatoms. The molecule has 0 aromatic heterocycles. The minimum atomic E-state index is -0.0246. The minimum absolute atomic E-state index is 0.0246. The zero-order valence-electron chi connectivity index (χ0n) is 5.98. The van der Waals surface area contributed by atoms with Crippen LogP contribution in [0.15, 0.2) is 12.2 Å². The Morgan fingerprint density at radius 3 is 2.89 bits per heavy atom. The molecule has 0 aliphatic rings. The number of allylic oxidation sites excluding steroid dienone is 1. The van der Waals surface area contributed by atoms with Gasteiger partial charge in [-0.05, 0) is 12.5 Å². The Balaban J connectivity index is 3.32. The van der Waals surface area contributed by atoms with Crippen molar-refractivity contribution < 1.29 is 4.79 Å². The van der Waals surface area contributed by atoms with Gasteiger partial charge in [0.25, 0.3) is 0 Å². The van der Waals surface area contributed by atoms with Crippen LogP contribution < -0.4 is 5.23 Å². The topological polar surface area (TPSA) is 29.1 Å². The van der Waals surface area contributed by atoms with Gasteiger partial charge in [0.15, 0.2) is 0 Å². The van der Waals surface area contributed by atoms with Crippen molar-refractivity contribution in [1.82, 2.24) is 5.23 Å². The molecule has 0 aromatic carbocycles. The summed E-state index contributed by atoms with van der Waals surface area (Å²) >= 11 is 0. The highest BCUT2D eigenvalue weighted by Crippen LogP contribution is 1.86. The van der Waals surface area contributed by atoms with Gasteiger partial charge in [-0.3, -0.25) is 4.79 Å². The standard InChI is InChI=1S/C6H12BNO/c1-2-3-4-5-6(9)8-7/h4-5H,2-3,7H2,1H3,(H,8,9)/b5-4+. The average molecular weight is 125 g/mol. The zero-order chi connectivity index (χ0) is 7.11. The van der Waals surface area contributed by atoms with E-state index in [1.54, 1.807) is 14.1 Å². The van der Waals surface area contributed by atoms with Crippen LogP contribution in [-0.4, -0.2) is 13.9 Å². The van der Waals surface area contributed by atoms with Crippen molar-refractivity contribution in [3.63, 3.8) is 0 Å². The lowest BCUT2D eigenvalue weighted by Crippen LogP contribution is -2.15. The highest BCUT2D eigenvalue weighted by atomic mass is 16.1. The van der Waals surface area contributed by atoms with E-state index in [0.29, 0.717) is 0 Å². The first kappa shape index (κ1) is 8.27. The van der Waals surface area contributed by atoms with E-state index in [0.717, 1.165) is 12.8 Å². The molecule has 0 saturated carbocycles. The van der Waals surface area contributed by atoms with E-state index in [2.05, 4.69) is 12.2 Å². The lowest BCUT2D eigenvalue weighted by Gasteiger charge is -1.87. The number of unbranched alkanes of at least 4 members (excludes halogenated alkanes) is 1. The summed E-state index contributed by atoms with van der Waals surface area (Å²) in [5.41, 5.74) is 0. The van der Waals surface area contributed by atoms with Gasteiger partial charge in [0.1, 0.15) is 0 Å². The largest absolute Gasteiger partial charge is 0.403 e. The minimum Gasteiger partial charge on any atom is -0.403 e. The molecule has 9 heavy (non-hydrogen) atoms. The normalized spacial score (nSPS) is 9.89. The van der Waals surface area contributed by atoms with Gasteiger partial charge in [0.2, 0.25) is 13.9 Å². The van der Waals surface area contributed by atoms with Crippen molar-refractivity contribution >= 4 is 13.9 Å². The third-order valence-electron chi connectivity index (χ3n) is 0.971. The van der Waals surface area contributed by atoms with Crippen LogP contribution in [0.5, 0.6) is 0 Å². The maximum atomic E-state index is 10.5. The molecule has 1 N–H and O–H groups in total. The molecule has 2 nitrogen and oxygen atoms in total. The monoisotopic (exact) mass is 125 g/mol. The second-order valence-corrected chi connectivity index (χ2v) is 1.81. The first-order valence-corrected chi connectivity index (χ1v) is 3.19. The molecular weight excluding hydrogens is 113 g/mol. The first-order valence-electron chi connectivity index (χ1n) is 3.19. The first-order chi connectivity index (χ1) is 4.31. The molecule has 0 atom stereocenters. The zero-order valence-corrected chi connectivity index (χ0v) is 5.98. The molecule has 0 radical (unpaired) electrons. The van der Waals surface area contributed by atoms with E-state index in [1.807, 2.05) is 6.08 Å². The molecule has 0 heterocycles. The lowest BCUT2D eigenvalue weighted by molar-refractivity contribution is -0.114. The van der Waals surface area contributed by atoms with E-state index in [4.69, 9.17) is 0 Å². The summed E-state index contributed by atoms with van der Waals surface area (Å²) in [5.74, 6) is -0.0246. The molecule has 50 valence electrons. The maximum absolute atomic E-state index is 10.5. The van der Waals surface area contributed by atoms with E-state index < -0.39 is 0 Å². The van der Waals surface area contributed by atoms with Crippen molar-refractivity contribution in [3.8, 4) is 0 Å². The lowest BCUT2D eigenvalue weighted by atomic mass is 10.3. The number of rotatable bonds is 3. The van der Waals surface area contributed by atoms with Crippen molar-refractivity contribution in [1.29, 1.82) is 0 Å². The Morgan fingerprint density at radius 1 is 1.78 bits per heavy atom. The SMILES string of the molecule is BNC(=O)/C=C/CCC. The molecule has 0 aromatic rings. The van der Waals surface area contributed by atoms with E-state index in [-0.39, 0.29) is 5.91 Å². The average Bonchev–Trinajstić information content (AvgIpc) is 1.89. The molecule has 0 aliphatic carbocycles. The molecule has 0 rings (SSSR count). The fourth-order valence-electron chi connectivity index (χ4n) is 0.440. The number of carbonyl (C=O) groups excluding carboxylic acids is 1. The van der Waals surface area contributed by atoms with Gasteiger partial charge >= 0.3 is 0 Å². The van der Waals surface area contributed by atoms with Gasteiger partial charge in [-0.2, -0.15) is 0 Å². The van der Waals surface area contributed by atoms with Crippen LogP contribution in [0.25, 0.3) is 0 Å². The van der Waals surface area contributed by atoms with Crippen molar-refractivity contribution in [2.24, 2.45) is 0 Å². The summed E-state index contributed by atoms with van der Waals surface area (Å²) in [4.78, 5) is 10.5. The fraction of sp³-hybridized carbons (Fsp3) is 0.500. The van der Waals surface area contributed by atoms with Crippen LogP contribution in [0.1, 0.15) is 19.8 Å². The predicted octanol–water partition coefficient (Wildman–Crippen LogP) is 0.00700. The van der Waals surface area contributed by atoms with Crippen LogP contribution in [0.4, 0.5) is 0 Å². The number of nitrogens with one attached hydrogen (secondary N) is 1. The molecule has 0 fully saturated rings. The number of hydrogen-bond acceptors (Lipinski definition) is 1. The molecule has 0 bridgehead atoms. The van der Waals surface area contributed by atoms with Crippen molar-refractivity contribution in [2.75, 3.05) is 0 Å². The fourth-order valence-corrected chi connectivity index (χ4v) is 0.440. The number of carbonyl (C=O) groups is 1.